The van der Waals surface area contributed by atoms with E-state index in [4.69, 9.17) is 0 Å². The Morgan fingerprint density at radius 2 is 1.93 bits per heavy atom. The lowest BCUT2D eigenvalue weighted by molar-refractivity contribution is -0.115. The smallest absolute Gasteiger partial charge is 0.158 e. The molecule has 1 heteroatoms. The van der Waals surface area contributed by atoms with Gasteiger partial charge >= 0.3 is 0 Å². The molecule has 0 aliphatic carbocycles. The first-order valence-corrected chi connectivity index (χ1v) is 5.17. The van der Waals surface area contributed by atoms with Crippen molar-refractivity contribution in [1.82, 2.24) is 0 Å². The summed E-state index contributed by atoms with van der Waals surface area (Å²) in [5, 5.41) is 0. The molecule has 1 aromatic carbocycles. The molecule has 0 amide bonds. The largest absolute Gasteiger partial charge is 0.295 e. The second kappa shape index (κ2) is 5.97. The van der Waals surface area contributed by atoms with E-state index in [-0.39, 0.29) is 5.78 Å². The van der Waals surface area contributed by atoms with Crippen LogP contribution in [0.15, 0.2) is 48.1 Å². The van der Waals surface area contributed by atoms with Gasteiger partial charge in [0.2, 0.25) is 0 Å². The van der Waals surface area contributed by atoms with Gasteiger partial charge in [-0.3, -0.25) is 4.79 Å². The average molecular weight is 200 g/mol. The molecule has 0 atom stereocenters. The zero-order valence-corrected chi connectivity index (χ0v) is 9.23. The van der Waals surface area contributed by atoms with Crippen molar-refractivity contribution in [3.63, 3.8) is 0 Å². The number of Topliss-reactive ketones (excluding diaryl/α,β-unsaturated/α-hetero) is 1. The molecule has 15 heavy (non-hydrogen) atoms. The highest BCUT2D eigenvalue weighted by atomic mass is 16.1. The van der Waals surface area contributed by atoms with Crippen LogP contribution in [0, 0.1) is 0 Å². The molecule has 1 rings (SSSR count). The van der Waals surface area contributed by atoms with Crippen molar-refractivity contribution in [2.45, 2.75) is 20.3 Å². The third kappa shape index (κ3) is 3.94. The van der Waals surface area contributed by atoms with Crippen LogP contribution in [0.1, 0.15) is 25.8 Å². The minimum absolute atomic E-state index is 0.202. The average Bonchev–Trinajstić information content (AvgIpc) is 2.29. The van der Waals surface area contributed by atoms with Crippen molar-refractivity contribution in [1.29, 1.82) is 0 Å². The zero-order chi connectivity index (χ0) is 11.1. The van der Waals surface area contributed by atoms with Gasteiger partial charge in [0.25, 0.3) is 0 Å². The summed E-state index contributed by atoms with van der Waals surface area (Å²) in [6.45, 7) is 3.72. The van der Waals surface area contributed by atoms with E-state index < -0.39 is 0 Å². The van der Waals surface area contributed by atoms with E-state index in [9.17, 15) is 4.79 Å². The van der Waals surface area contributed by atoms with Crippen LogP contribution in [0.25, 0.3) is 6.08 Å². The fraction of sp³-hybridized carbons (Fsp3) is 0.214. The minimum Gasteiger partial charge on any atom is -0.295 e. The molecule has 0 spiro atoms. The molecule has 1 nitrogen and oxygen atoms in total. The van der Waals surface area contributed by atoms with Crippen LogP contribution >= 0.6 is 0 Å². The van der Waals surface area contributed by atoms with Gasteiger partial charge in [-0.05, 0) is 18.1 Å². The first kappa shape index (κ1) is 11.4. The Morgan fingerprint density at radius 3 is 2.53 bits per heavy atom. The number of hydrogen-bond acceptors (Lipinski definition) is 1. The third-order valence-electron chi connectivity index (χ3n) is 2.20. The molecule has 1 aromatic rings. The van der Waals surface area contributed by atoms with Crippen LogP contribution in [0.2, 0.25) is 0 Å². The predicted octanol–water partition coefficient (Wildman–Crippen LogP) is 3.63. The second-order valence-electron chi connectivity index (χ2n) is 3.40. The molecule has 0 heterocycles. The van der Waals surface area contributed by atoms with Gasteiger partial charge in [-0.25, -0.2) is 0 Å². The van der Waals surface area contributed by atoms with Gasteiger partial charge < -0.3 is 0 Å². The zero-order valence-electron chi connectivity index (χ0n) is 9.23. The maximum atomic E-state index is 11.3. The molecule has 0 unspecified atom stereocenters. The minimum atomic E-state index is 0.202. The standard InChI is InChI=1S/C14H16O/c1-3-14(15)12(2)8-7-11-13-9-5-4-6-10-13/h4-11H,3H2,1-2H3/b11-7+,12-8-. The summed E-state index contributed by atoms with van der Waals surface area (Å²) in [6, 6.07) is 10.0. The summed E-state index contributed by atoms with van der Waals surface area (Å²) in [7, 11) is 0. The third-order valence-corrected chi connectivity index (χ3v) is 2.20. The summed E-state index contributed by atoms with van der Waals surface area (Å²) in [5.41, 5.74) is 1.95. The molecule has 0 aromatic heterocycles. The van der Waals surface area contributed by atoms with Gasteiger partial charge in [-0.2, -0.15) is 0 Å². The monoisotopic (exact) mass is 200 g/mol. The molecule has 0 aliphatic rings. The normalized spacial score (nSPS) is 12.0. The summed E-state index contributed by atoms with van der Waals surface area (Å²) in [6.07, 6.45) is 6.34. The highest BCUT2D eigenvalue weighted by Crippen LogP contribution is 2.03. The summed E-state index contributed by atoms with van der Waals surface area (Å²) < 4.78 is 0. The van der Waals surface area contributed by atoms with Crippen molar-refractivity contribution in [3.05, 3.63) is 53.6 Å². The van der Waals surface area contributed by atoms with E-state index in [1.807, 2.05) is 62.4 Å². The summed E-state index contributed by atoms with van der Waals surface area (Å²) >= 11 is 0. The lowest BCUT2D eigenvalue weighted by Gasteiger charge is -1.93. The number of ketones is 1. The van der Waals surface area contributed by atoms with Crippen LogP contribution in [0.3, 0.4) is 0 Å². The van der Waals surface area contributed by atoms with Gasteiger partial charge in [-0.1, -0.05) is 55.5 Å². The van der Waals surface area contributed by atoms with E-state index in [1.165, 1.54) is 0 Å². The quantitative estimate of drug-likeness (QED) is 0.536. The molecule has 0 bridgehead atoms. The molecule has 0 aliphatic heterocycles. The SMILES string of the molecule is CCC(=O)/C(C)=C\C=C\c1ccccc1. The van der Waals surface area contributed by atoms with E-state index >= 15 is 0 Å². The Hall–Kier alpha value is -1.63. The molecule has 0 N–H and O–H groups in total. The van der Waals surface area contributed by atoms with Crippen molar-refractivity contribution < 1.29 is 4.79 Å². The van der Waals surface area contributed by atoms with Crippen molar-refractivity contribution in [2.75, 3.05) is 0 Å². The van der Waals surface area contributed by atoms with Crippen LogP contribution < -0.4 is 0 Å². The molecule has 0 fully saturated rings. The number of rotatable bonds is 4. The molecular formula is C14H16O. The summed E-state index contributed by atoms with van der Waals surface area (Å²) in [5.74, 6) is 0.202. The number of benzene rings is 1. The Kier molecular flexibility index (Phi) is 4.55. The molecule has 0 radical (unpaired) electrons. The van der Waals surface area contributed by atoms with Crippen molar-refractivity contribution in [2.24, 2.45) is 0 Å². The molecule has 0 saturated heterocycles. The van der Waals surface area contributed by atoms with E-state index in [1.54, 1.807) is 0 Å². The fourth-order valence-electron chi connectivity index (χ4n) is 1.24. The predicted molar refractivity (Wildman–Crippen MR) is 64.5 cm³/mol. The Morgan fingerprint density at radius 1 is 1.27 bits per heavy atom. The maximum absolute atomic E-state index is 11.3. The van der Waals surface area contributed by atoms with Gasteiger partial charge in [-0.15, -0.1) is 0 Å². The lowest BCUT2D eigenvalue weighted by Crippen LogP contribution is -1.95. The van der Waals surface area contributed by atoms with Gasteiger partial charge in [0.05, 0.1) is 0 Å². The number of hydrogen-bond donors (Lipinski definition) is 0. The number of carbonyl (C=O) groups excluding carboxylic acids is 1. The topological polar surface area (TPSA) is 17.1 Å². The second-order valence-corrected chi connectivity index (χ2v) is 3.40. The van der Waals surface area contributed by atoms with E-state index in [2.05, 4.69) is 0 Å². The Labute approximate surface area is 91.1 Å². The van der Waals surface area contributed by atoms with Gasteiger partial charge in [0.15, 0.2) is 5.78 Å². The van der Waals surface area contributed by atoms with Gasteiger partial charge in [0.1, 0.15) is 0 Å². The van der Waals surface area contributed by atoms with Crippen LogP contribution in [-0.2, 0) is 4.79 Å². The van der Waals surface area contributed by atoms with E-state index in [0.717, 1.165) is 11.1 Å². The van der Waals surface area contributed by atoms with Gasteiger partial charge in [0, 0.05) is 6.42 Å². The molecule has 0 saturated carbocycles. The van der Waals surface area contributed by atoms with Crippen LogP contribution in [0.5, 0.6) is 0 Å². The first-order chi connectivity index (χ1) is 7.24. The Balaban J connectivity index is 2.64. The van der Waals surface area contributed by atoms with E-state index in [0.29, 0.717) is 6.42 Å². The molecule has 78 valence electrons. The van der Waals surface area contributed by atoms with Crippen molar-refractivity contribution >= 4 is 11.9 Å². The first-order valence-electron chi connectivity index (χ1n) is 5.17. The number of carbonyl (C=O) groups is 1. The van der Waals surface area contributed by atoms with Crippen LogP contribution in [0.4, 0.5) is 0 Å². The van der Waals surface area contributed by atoms with Crippen LogP contribution in [-0.4, -0.2) is 5.78 Å². The maximum Gasteiger partial charge on any atom is 0.158 e. The van der Waals surface area contributed by atoms with Crippen molar-refractivity contribution in [3.8, 4) is 0 Å². The Bertz CT molecular complexity index is 372. The molecular weight excluding hydrogens is 184 g/mol. The highest BCUT2D eigenvalue weighted by Gasteiger charge is 1.97. The highest BCUT2D eigenvalue weighted by molar-refractivity contribution is 5.94. The number of allylic oxidation sites excluding steroid dienone is 3. The summed E-state index contributed by atoms with van der Waals surface area (Å²) in [4.78, 5) is 11.3. The fourth-order valence-corrected chi connectivity index (χ4v) is 1.24. The lowest BCUT2D eigenvalue weighted by atomic mass is 10.1.